The third-order valence-corrected chi connectivity index (χ3v) is 5.72. The maximum Gasteiger partial charge on any atom is 0.0723 e. The zero-order chi connectivity index (χ0) is 17.0. The number of aliphatic hydroxyl groups is 1. The summed E-state index contributed by atoms with van der Waals surface area (Å²) in [5.74, 6) is 0.136. The number of benzene rings is 2. The van der Waals surface area contributed by atoms with E-state index in [4.69, 9.17) is 0 Å². The van der Waals surface area contributed by atoms with Crippen molar-refractivity contribution in [3.63, 3.8) is 0 Å². The predicted molar refractivity (Wildman–Crippen MR) is 116 cm³/mol. The van der Waals surface area contributed by atoms with Gasteiger partial charge < -0.3 is 15.3 Å². The van der Waals surface area contributed by atoms with E-state index in [0.29, 0.717) is 0 Å². The van der Waals surface area contributed by atoms with Crippen LogP contribution in [0.5, 0.6) is 0 Å². The number of nitrogens with one attached hydrogen (secondary N) is 1. The summed E-state index contributed by atoms with van der Waals surface area (Å²) in [5, 5.41) is 17.3. The van der Waals surface area contributed by atoms with E-state index < -0.39 is 5.60 Å². The van der Waals surface area contributed by atoms with Gasteiger partial charge in [-0.3, -0.25) is 0 Å². The standard InChI is InChI=1S/C21H30N2O.2ClH/c1-3-21(24,4-2)20(16-23-14-12-22-13-15-23)19-11-7-9-17-8-5-6-10-18(17)19;;/h5-11,20,22,24H,3-4,12-16H2,1-2H3;2*1H. The minimum Gasteiger partial charge on any atom is -0.389 e. The molecule has 1 heterocycles. The number of hydrogen-bond acceptors (Lipinski definition) is 3. The minimum absolute atomic E-state index is 0. The summed E-state index contributed by atoms with van der Waals surface area (Å²) < 4.78 is 0. The minimum atomic E-state index is -0.658. The van der Waals surface area contributed by atoms with E-state index in [-0.39, 0.29) is 30.7 Å². The molecular formula is C21H32Cl2N2O. The smallest absolute Gasteiger partial charge is 0.0723 e. The molecule has 2 N–H and O–H groups in total. The fourth-order valence-corrected chi connectivity index (χ4v) is 4.01. The molecule has 2 aromatic carbocycles. The third-order valence-electron chi connectivity index (χ3n) is 5.72. The lowest BCUT2D eigenvalue weighted by molar-refractivity contribution is -0.00778. The molecule has 26 heavy (non-hydrogen) atoms. The Kier molecular flexibility index (Phi) is 9.35. The Morgan fingerprint density at radius 1 is 1.00 bits per heavy atom. The summed E-state index contributed by atoms with van der Waals surface area (Å²) in [6, 6.07) is 15.1. The quantitative estimate of drug-likeness (QED) is 0.764. The van der Waals surface area contributed by atoms with E-state index in [9.17, 15) is 5.11 Å². The Morgan fingerprint density at radius 2 is 1.62 bits per heavy atom. The molecule has 1 saturated heterocycles. The van der Waals surface area contributed by atoms with Gasteiger partial charge in [-0.1, -0.05) is 56.3 Å². The van der Waals surface area contributed by atoms with E-state index in [1.165, 1.54) is 16.3 Å². The van der Waals surface area contributed by atoms with Gasteiger partial charge in [0.1, 0.15) is 0 Å². The highest BCUT2D eigenvalue weighted by Crippen LogP contribution is 2.38. The van der Waals surface area contributed by atoms with Gasteiger partial charge in [-0.2, -0.15) is 0 Å². The van der Waals surface area contributed by atoms with Crippen molar-refractivity contribution in [3.05, 3.63) is 48.0 Å². The van der Waals surface area contributed by atoms with Crippen LogP contribution in [0.2, 0.25) is 0 Å². The fourth-order valence-electron chi connectivity index (χ4n) is 4.01. The van der Waals surface area contributed by atoms with Crippen LogP contribution in [0.1, 0.15) is 38.2 Å². The summed E-state index contributed by atoms with van der Waals surface area (Å²) >= 11 is 0. The molecule has 0 spiro atoms. The first-order valence-corrected chi connectivity index (χ1v) is 9.31. The van der Waals surface area contributed by atoms with Crippen molar-refractivity contribution in [2.75, 3.05) is 32.7 Å². The number of hydrogen-bond donors (Lipinski definition) is 2. The van der Waals surface area contributed by atoms with Gasteiger partial charge in [0.05, 0.1) is 5.60 Å². The van der Waals surface area contributed by atoms with E-state index in [0.717, 1.165) is 45.6 Å². The molecule has 0 aliphatic carbocycles. The van der Waals surface area contributed by atoms with Crippen LogP contribution in [0, 0.1) is 0 Å². The molecule has 3 nitrogen and oxygen atoms in total. The maximum atomic E-state index is 11.4. The number of piperazine rings is 1. The first-order chi connectivity index (χ1) is 11.7. The van der Waals surface area contributed by atoms with E-state index >= 15 is 0 Å². The van der Waals surface area contributed by atoms with Crippen molar-refractivity contribution < 1.29 is 5.11 Å². The van der Waals surface area contributed by atoms with Crippen LogP contribution in [-0.2, 0) is 0 Å². The highest BCUT2D eigenvalue weighted by Gasteiger charge is 2.36. The lowest BCUT2D eigenvalue weighted by atomic mass is 9.76. The second-order valence-corrected chi connectivity index (χ2v) is 6.98. The largest absolute Gasteiger partial charge is 0.389 e. The van der Waals surface area contributed by atoms with Crippen molar-refractivity contribution in [3.8, 4) is 0 Å². The molecule has 0 bridgehead atoms. The fraction of sp³-hybridized carbons (Fsp3) is 0.524. The molecule has 146 valence electrons. The van der Waals surface area contributed by atoms with Crippen molar-refractivity contribution in [2.24, 2.45) is 0 Å². The molecule has 1 aliphatic rings. The van der Waals surface area contributed by atoms with Gasteiger partial charge in [0, 0.05) is 38.6 Å². The number of halogens is 2. The average Bonchev–Trinajstić information content (AvgIpc) is 2.66. The normalized spacial score (nSPS) is 16.6. The van der Waals surface area contributed by atoms with E-state index in [2.05, 4.69) is 66.5 Å². The summed E-state index contributed by atoms with van der Waals surface area (Å²) in [6.45, 7) is 9.35. The van der Waals surface area contributed by atoms with E-state index in [1.807, 2.05) is 0 Å². The molecule has 1 fully saturated rings. The van der Waals surface area contributed by atoms with Crippen LogP contribution in [-0.4, -0.2) is 48.3 Å². The Morgan fingerprint density at radius 3 is 2.27 bits per heavy atom. The van der Waals surface area contributed by atoms with Crippen molar-refractivity contribution in [1.82, 2.24) is 10.2 Å². The monoisotopic (exact) mass is 398 g/mol. The first-order valence-electron chi connectivity index (χ1n) is 9.31. The Bertz CT molecular complexity index is 665. The van der Waals surface area contributed by atoms with Gasteiger partial charge >= 0.3 is 0 Å². The van der Waals surface area contributed by atoms with Crippen molar-refractivity contribution >= 4 is 35.6 Å². The molecule has 1 atom stereocenters. The molecule has 2 aromatic rings. The Labute approximate surface area is 170 Å². The molecule has 0 saturated carbocycles. The summed E-state index contributed by atoms with van der Waals surface area (Å²) in [4.78, 5) is 2.50. The maximum absolute atomic E-state index is 11.4. The highest BCUT2D eigenvalue weighted by atomic mass is 35.5. The number of fused-ring (bicyclic) bond motifs is 1. The van der Waals surface area contributed by atoms with Gasteiger partial charge in [0.15, 0.2) is 0 Å². The Hall–Kier alpha value is -0.840. The van der Waals surface area contributed by atoms with Crippen LogP contribution in [0.3, 0.4) is 0 Å². The zero-order valence-electron chi connectivity index (χ0n) is 15.8. The predicted octanol–water partition coefficient (Wildman–Crippen LogP) is 4.22. The van der Waals surface area contributed by atoms with Crippen LogP contribution in [0.4, 0.5) is 0 Å². The summed E-state index contributed by atoms with van der Waals surface area (Å²) in [7, 11) is 0. The lowest BCUT2D eigenvalue weighted by Gasteiger charge is -2.40. The molecule has 0 aromatic heterocycles. The van der Waals surface area contributed by atoms with Gasteiger partial charge in [0.2, 0.25) is 0 Å². The third kappa shape index (κ3) is 4.90. The van der Waals surface area contributed by atoms with Crippen LogP contribution < -0.4 is 5.32 Å². The van der Waals surface area contributed by atoms with Crippen LogP contribution >= 0.6 is 24.8 Å². The second-order valence-electron chi connectivity index (χ2n) is 6.98. The van der Waals surface area contributed by atoms with Crippen LogP contribution in [0.15, 0.2) is 42.5 Å². The van der Waals surface area contributed by atoms with Crippen LogP contribution in [0.25, 0.3) is 10.8 Å². The van der Waals surface area contributed by atoms with E-state index in [1.54, 1.807) is 0 Å². The molecule has 1 aliphatic heterocycles. The highest BCUT2D eigenvalue weighted by molar-refractivity contribution is 5.86. The first kappa shape index (κ1) is 23.2. The van der Waals surface area contributed by atoms with Crippen molar-refractivity contribution in [2.45, 2.75) is 38.2 Å². The molecule has 5 heteroatoms. The zero-order valence-corrected chi connectivity index (χ0v) is 17.4. The second kappa shape index (κ2) is 10.5. The van der Waals surface area contributed by atoms with Gasteiger partial charge in [-0.25, -0.2) is 0 Å². The molecule has 1 unspecified atom stereocenters. The Balaban J connectivity index is 0.00000169. The number of rotatable bonds is 6. The van der Waals surface area contributed by atoms with Gasteiger partial charge in [0.25, 0.3) is 0 Å². The summed E-state index contributed by atoms with van der Waals surface area (Å²) in [5.41, 5.74) is 0.632. The lowest BCUT2D eigenvalue weighted by Crippen LogP contribution is -2.48. The molecule has 0 amide bonds. The van der Waals surface area contributed by atoms with Gasteiger partial charge in [-0.05, 0) is 29.2 Å². The number of nitrogens with zero attached hydrogens (tertiary/aromatic N) is 1. The summed E-state index contributed by atoms with van der Waals surface area (Å²) in [6.07, 6.45) is 1.56. The SMILES string of the molecule is CCC(O)(CC)C(CN1CCNCC1)c1cccc2ccccc12.Cl.Cl. The molecule has 0 radical (unpaired) electrons. The molecular weight excluding hydrogens is 367 g/mol. The average molecular weight is 399 g/mol. The van der Waals surface area contributed by atoms with Crippen molar-refractivity contribution in [1.29, 1.82) is 0 Å². The van der Waals surface area contributed by atoms with Gasteiger partial charge in [-0.15, -0.1) is 24.8 Å². The molecule has 3 rings (SSSR count). The topological polar surface area (TPSA) is 35.5 Å².